The van der Waals surface area contributed by atoms with Gasteiger partial charge >= 0.3 is 6.01 Å². The molecule has 1 aromatic carbocycles. The van der Waals surface area contributed by atoms with Crippen LogP contribution in [0, 0.1) is 5.92 Å². The van der Waals surface area contributed by atoms with E-state index in [0.29, 0.717) is 18.5 Å². The Kier molecular flexibility index (Phi) is 4.14. The lowest BCUT2D eigenvalue weighted by Crippen LogP contribution is -2.10. The van der Waals surface area contributed by atoms with Crippen molar-refractivity contribution in [1.82, 2.24) is 14.8 Å². The average Bonchev–Trinajstić information content (AvgIpc) is 2.86. The van der Waals surface area contributed by atoms with Gasteiger partial charge in [0.2, 0.25) is 0 Å². The largest absolute Gasteiger partial charge is 0.462 e. The summed E-state index contributed by atoms with van der Waals surface area (Å²) in [5.41, 5.74) is 0.975. The molecular weight excluding hydrogens is 282 g/mol. The monoisotopic (exact) mass is 295 g/mol. The summed E-state index contributed by atoms with van der Waals surface area (Å²) < 4.78 is 7.19. The summed E-state index contributed by atoms with van der Waals surface area (Å²) in [6.45, 7) is 2.72. The second kappa shape index (κ2) is 5.82. The van der Waals surface area contributed by atoms with Gasteiger partial charge in [-0.2, -0.15) is 4.98 Å². The van der Waals surface area contributed by atoms with Gasteiger partial charge in [0.15, 0.2) is 0 Å². The lowest BCUT2D eigenvalue weighted by atomic mass is 10.2. The molecule has 0 radical (unpaired) electrons. The molecule has 0 aliphatic heterocycles. The molecule has 0 saturated heterocycles. The number of rotatable bonds is 5. The van der Waals surface area contributed by atoms with E-state index in [2.05, 4.69) is 32.9 Å². The molecule has 4 nitrogen and oxygen atoms in total. The summed E-state index contributed by atoms with van der Waals surface area (Å²) in [6, 6.07) is 10.3. The van der Waals surface area contributed by atoms with Crippen LogP contribution in [0.15, 0.2) is 36.7 Å². The summed E-state index contributed by atoms with van der Waals surface area (Å²) in [6.07, 6.45) is 1.66. The first-order valence-electron chi connectivity index (χ1n) is 5.45. The highest BCUT2D eigenvalue weighted by Gasteiger charge is 2.05. The van der Waals surface area contributed by atoms with Gasteiger partial charge in [0.25, 0.3) is 0 Å². The van der Waals surface area contributed by atoms with Crippen LogP contribution in [0.1, 0.15) is 6.92 Å². The van der Waals surface area contributed by atoms with Crippen LogP contribution in [-0.4, -0.2) is 26.7 Å². The van der Waals surface area contributed by atoms with Gasteiger partial charge in [0.05, 0.1) is 12.3 Å². The highest BCUT2D eigenvalue weighted by molar-refractivity contribution is 9.09. The minimum atomic E-state index is 0.418. The van der Waals surface area contributed by atoms with Crippen molar-refractivity contribution in [3.8, 4) is 11.7 Å². The van der Waals surface area contributed by atoms with Crippen LogP contribution in [0.2, 0.25) is 0 Å². The van der Waals surface area contributed by atoms with Gasteiger partial charge in [-0.3, -0.25) is 0 Å². The molecule has 0 bridgehead atoms. The predicted molar refractivity (Wildman–Crippen MR) is 69.8 cm³/mol. The number of hydrogen-bond donors (Lipinski definition) is 0. The van der Waals surface area contributed by atoms with Crippen LogP contribution in [-0.2, 0) is 0 Å². The van der Waals surface area contributed by atoms with Gasteiger partial charge in [-0.15, -0.1) is 5.10 Å². The first-order valence-corrected chi connectivity index (χ1v) is 6.57. The number of nitrogens with zero attached hydrogens (tertiary/aromatic N) is 3. The van der Waals surface area contributed by atoms with Crippen LogP contribution < -0.4 is 4.74 Å². The van der Waals surface area contributed by atoms with E-state index in [-0.39, 0.29) is 0 Å². The second-order valence-electron chi connectivity index (χ2n) is 3.88. The molecule has 0 spiro atoms. The number of alkyl halides is 1. The lowest BCUT2D eigenvalue weighted by Gasteiger charge is -2.06. The molecule has 17 heavy (non-hydrogen) atoms. The fraction of sp³-hybridized carbons (Fsp3) is 0.333. The zero-order valence-corrected chi connectivity index (χ0v) is 11.2. The maximum atomic E-state index is 5.49. The van der Waals surface area contributed by atoms with Gasteiger partial charge < -0.3 is 4.74 Å². The molecule has 1 unspecified atom stereocenters. The molecule has 0 N–H and O–H groups in total. The number of ether oxygens (including phenoxy) is 1. The van der Waals surface area contributed by atoms with Crippen molar-refractivity contribution in [2.24, 2.45) is 5.92 Å². The van der Waals surface area contributed by atoms with Gasteiger partial charge in [0, 0.05) is 5.33 Å². The number of benzene rings is 1. The van der Waals surface area contributed by atoms with Crippen molar-refractivity contribution in [1.29, 1.82) is 0 Å². The van der Waals surface area contributed by atoms with Crippen molar-refractivity contribution >= 4 is 15.9 Å². The first-order chi connectivity index (χ1) is 8.29. The van der Waals surface area contributed by atoms with E-state index in [1.165, 1.54) is 0 Å². The highest BCUT2D eigenvalue weighted by atomic mass is 79.9. The molecule has 0 amide bonds. The fourth-order valence-electron chi connectivity index (χ4n) is 1.28. The lowest BCUT2D eigenvalue weighted by molar-refractivity contribution is 0.254. The maximum absolute atomic E-state index is 5.49. The SMILES string of the molecule is CC(CBr)COc1ncn(-c2ccccc2)n1. The van der Waals surface area contributed by atoms with Crippen LogP contribution in [0.25, 0.3) is 5.69 Å². The Balaban J connectivity index is 2.01. The summed E-state index contributed by atoms with van der Waals surface area (Å²) in [7, 11) is 0. The molecule has 90 valence electrons. The number of para-hydroxylation sites is 1. The molecule has 1 aromatic heterocycles. The smallest absolute Gasteiger partial charge is 0.335 e. The minimum Gasteiger partial charge on any atom is -0.462 e. The third-order valence-corrected chi connectivity index (χ3v) is 3.36. The second-order valence-corrected chi connectivity index (χ2v) is 4.53. The third kappa shape index (κ3) is 3.30. The molecular formula is C12H14BrN3O. The maximum Gasteiger partial charge on any atom is 0.335 e. The van der Waals surface area contributed by atoms with E-state index in [1.807, 2.05) is 30.3 Å². The standard InChI is InChI=1S/C12H14BrN3O/c1-10(7-13)8-17-12-14-9-16(15-12)11-5-3-2-4-6-11/h2-6,9-10H,7-8H2,1H3. The zero-order chi connectivity index (χ0) is 12.1. The number of halogens is 1. The Morgan fingerprint density at radius 1 is 1.35 bits per heavy atom. The summed E-state index contributed by atoms with van der Waals surface area (Å²) >= 11 is 3.40. The van der Waals surface area contributed by atoms with E-state index in [0.717, 1.165) is 11.0 Å². The molecule has 0 aliphatic rings. The summed E-state index contributed by atoms with van der Waals surface area (Å²) in [5.74, 6) is 0.443. The Morgan fingerprint density at radius 3 is 2.82 bits per heavy atom. The molecule has 1 heterocycles. The van der Waals surface area contributed by atoms with E-state index in [9.17, 15) is 0 Å². The van der Waals surface area contributed by atoms with E-state index in [4.69, 9.17) is 4.74 Å². The van der Waals surface area contributed by atoms with Gasteiger partial charge in [-0.1, -0.05) is 41.1 Å². The highest BCUT2D eigenvalue weighted by Crippen LogP contribution is 2.09. The molecule has 5 heteroatoms. The van der Waals surface area contributed by atoms with Crippen molar-refractivity contribution < 1.29 is 4.74 Å². The van der Waals surface area contributed by atoms with Crippen LogP contribution in [0.5, 0.6) is 6.01 Å². The van der Waals surface area contributed by atoms with Crippen LogP contribution in [0.3, 0.4) is 0 Å². The quantitative estimate of drug-likeness (QED) is 0.796. The third-order valence-electron chi connectivity index (χ3n) is 2.25. The molecule has 2 rings (SSSR count). The summed E-state index contributed by atoms with van der Waals surface area (Å²) in [4.78, 5) is 4.11. The molecule has 0 fully saturated rings. The van der Waals surface area contributed by atoms with Gasteiger partial charge in [-0.25, -0.2) is 4.68 Å². The van der Waals surface area contributed by atoms with Gasteiger partial charge in [0.1, 0.15) is 6.33 Å². The number of hydrogen-bond acceptors (Lipinski definition) is 3. The zero-order valence-electron chi connectivity index (χ0n) is 9.58. The molecule has 0 saturated carbocycles. The Morgan fingerprint density at radius 2 is 2.12 bits per heavy atom. The normalized spacial score (nSPS) is 12.4. The Hall–Kier alpha value is -1.36. The molecule has 0 aliphatic carbocycles. The predicted octanol–water partition coefficient (Wildman–Crippen LogP) is 2.68. The first kappa shape index (κ1) is 12.1. The fourth-order valence-corrected chi connectivity index (χ4v) is 1.47. The van der Waals surface area contributed by atoms with Crippen LogP contribution >= 0.6 is 15.9 Å². The van der Waals surface area contributed by atoms with Crippen molar-refractivity contribution in [2.75, 3.05) is 11.9 Å². The topological polar surface area (TPSA) is 39.9 Å². The van der Waals surface area contributed by atoms with E-state index in [1.54, 1.807) is 11.0 Å². The van der Waals surface area contributed by atoms with Crippen molar-refractivity contribution in [3.05, 3.63) is 36.7 Å². The van der Waals surface area contributed by atoms with Crippen LogP contribution in [0.4, 0.5) is 0 Å². The van der Waals surface area contributed by atoms with E-state index < -0.39 is 0 Å². The Bertz CT molecular complexity index is 458. The van der Waals surface area contributed by atoms with Crippen molar-refractivity contribution in [2.45, 2.75) is 6.92 Å². The molecule has 1 atom stereocenters. The van der Waals surface area contributed by atoms with Gasteiger partial charge in [-0.05, 0) is 18.1 Å². The summed E-state index contributed by atoms with van der Waals surface area (Å²) in [5, 5.41) is 5.16. The van der Waals surface area contributed by atoms with Crippen molar-refractivity contribution in [3.63, 3.8) is 0 Å². The van der Waals surface area contributed by atoms with E-state index >= 15 is 0 Å². The average molecular weight is 296 g/mol. The Labute approximate surface area is 109 Å². The molecule has 2 aromatic rings. The minimum absolute atomic E-state index is 0.418. The number of aromatic nitrogens is 3.